The van der Waals surface area contributed by atoms with Gasteiger partial charge in [-0.1, -0.05) is 19.9 Å². The van der Waals surface area contributed by atoms with Gasteiger partial charge in [-0.3, -0.25) is 0 Å². The summed E-state index contributed by atoms with van der Waals surface area (Å²) in [5.41, 5.74) is 1.03. The van der Waals surface area contributed by atoms with Crippen molar-refractivity contribution in [2.75, 3.05) is 25.7 Å². The molecule has 1 atom stereocenters. The Balaban J connectivity index is 1.95. The highest BCUT2D eigenvalue weighted by atomic mass is 32.2. The Bertz CT molecular complexity index is 913. The van der Waals surface area contributed by atoms with Crippen LogP contribution < -0.4 is 19.5 Å². The maximum atomic E-state index is 11.4. The molecule has 1 aromatic heterocycles. The van der Waals surface area contributed by atoms with Crippen molar-refractivity contribution >= 4 is 16.0 Å². The number of methoxy groups -OCH3 is 2. The molecule has 0 bridgehead atoms. The fourth-order valence-corrected chi connectivity index (χ4v) is 3.77. The van der Waals surface area contributed by atoms with Crippen LogP contribution in [0.15, 0.2) is 35.5 Å². The fraction of sp³-hybridized carbons (Fsp3) is 0.412. The summed E-state index contributed by atoms with van der Waals surface area (Å²) >= 11 is 0. The molecule has 1 aliphatic rings. The number of rotatable bonds is 5. The third kappa shape index (κ3) is 3.19. The lowest BCUT2D eigenvalue weighted by atomic mass is 9.72. The van der Waals surface area contributed by atoms with Crippen LogP contribution in [0.3, 0.4) is 0 Å². The van der Waals surface area contributed by atoms with Crippen LogP contribution in [0.5, 0.6) is 11.5 Å². The molecule has 0 radical (unpaired) electrons. The second kappa shape index (κ2) is 6.40. The van der Waals surface area contributed by atoms with Crippen molar-refractivity contribution in [3.63, 3.8) is 0 Å². The number of sulfonamides is 1. The summed E-state index contributed by atoms with van der Waals surface area (Å²) < 4.78 is 33.5. The Morgan fingerprint density at radius 2 is 1.77 bits per heavy atom. The molecule has 2 heterocycles. The Labute approximate surface area is 153 Å². The van der Waals surface area contributed by atoms with Gasteiger partial charge in [-0.15, -0.1) is 0 Å². The Morgan fingerprint density at radius 3 is 2.27 bits per heavy atom. The summed E-state index contributed by atoms with van der Waals surface area (Å²) in [6.07, 6.45) is 2.46. The molecule has 0 aliphatic carbocycles. The van der Waals surface area contributed by atoms with Crippen molar-refractivity contribution in [2.24, 2.45) is 10.6 Å². The third-order valence-corrected chi connectivity index (χ3v) is 5.42. The molecule has 1 unspecified atom stereocenters. The molecule has 8 nitrogen and oxygen atoms in total. The number of hydrogen-bond donors (Lipinski definition) is 1. The second-order valence-corrected chi connectivity index (χ2v) is 8.46. The highest BCUT2D eigenvalue weighted by Gasteiger charge is 2.48. The van der Waals surface area contributed by atoms with Crippen molar-refractivity contribution in [2.45, 2.75) is 24.8 Å². The van der Waals surface area contributed by atoms with E-state index in [1.54, 1.807) is 14.2 Å². The van der Waals surface area contributed by atoms with Crippen molar-refractivity contribution in [1.29, 1.82) is 0 Å². The van der Waals surface area contributed by atoms with Gasteiger partial charge in [0.2, 0.25) is 16.0 Å². The van der Waals surface area contributed by atoms with Crippen LogP contribution in [0.1, 0.15) is 25.5 Å². The van der Waals surface area contributed by atoms with Crippen molar-refractivity contribution in [1.82, 2.24) is 9.97 Å². The maximum Gasteiger partial charge on any atom is 0.241 e. The first-order chi connectivity index (χ1) is 12.2. The summed E-state index contributed by atoms with van der Waals surface area (Å²) in [4.78, 5) is 10.3. The van der Waals surface area contributed by atoms with Gasteiger partial charge in [0.05, 0.1) is 32.7 Å². The van der Waals surface area contributed by atoms with Crippen LogP contribution in [0.2, 0.25) is 0 Å². The fourth-order valence-electron chi connectivity index (χ4n) is 3.37. The van der Waals surface area contributed by atoms with Gasteiger partial charge in [0, 0.05) is 12.0 Å². The smallest absolute Gasteiger partial charge is 0.241 e. The Morgan fingerprint density at radius 1 is 1.15 bits per heavy atom. The average Bonchev–Trinajstić information content (AvgIpc) is 2.59. The standard InChI is InChI=1S/C17H22N4O4S/c1-17(2)10-21(16-19-8-12(9-20-16)26(18,22)23)15(17)11-5-6-13(24-3)14(7-11)25-4/h5-9,15H,10H2,1-4H3,(H2,18,22,23). The molecule has 0 amide bonds. The molecule has 140 valence electrons. The number of aromatic nitrogens is 2. The number of nitrogens with zero attached hydrogens (tertiary/aromatic N) is 3. The minimum absolute atomic E-state index is 0.0123. The molecule has 9 heteroatoms. The van der Waals surface area contributed by atoms with E-state index >= 15 is 0 Å². The normalized spacial score (nSPS) is 19.0. The lowest BCUT2D eigenvalue weighted by molar-refractivity contribution is 0.176. The zero-order valence-corrected chi connectivity index (χ0v) is 15.9. The van der Waals surface area contributed by atoms with Gasteiger partial charge >= 0.3 is 0 Å². The topological polar surface area (TPSA) is 108 Å². The Hall–Kier alpha value is -2.39. The molecular weight excluding hydrogens is 356 g/mol. The molecule has 1 saturated heterocycles. The number of nitrogens with two attached hydrogens (primary N) is 1. The summed E-state index contributed by atoms with van der Waals surface area (Å²) in [7, 11) is -0.620. The van der Waals surface area contributed by atoms with E-state index in [1.165, 1.54) is 12.4 Å². The highest BCUT2D eigenvalue weighted by molar-refractivity contribution is 7.89. The number of ether oxygens (including phenoxy) is 2. The largest absolute Gasteiger partial charge is 0.493 e. The van der Waals surface area contributed by atoms with E-state index in [4.69, 9.17) is 14.6 Å². The van der Waals surface area contributed by atoms with Crippen LogP contribution in [0.4, 0.5) is 5.95 Å². The van der Waals surface area contributed by atoms with Crippen molar-refractivity contribution < 1.29 is 17.9 Å². The molecule has 1 aliphatic heterocycles. The molecule has 2 N–H and O–H groups in total. The molecule has 0 spiro atoms. The van der Waals surface area contributed by atoms with E-state index < -0.39 is 10.0 Å². The zero-order chi connectivity index (χ0) is 19.1. The van der Waals surface area contributed by atoms with Crippen LogP contribution in [0.25, 0.3) is 0 Å². The lowest BCUT2D eigenvalue weighted by Gasteiger charge is -2.54. The first kappa shape index (κ1) is 18.4. The first-order valence-electron chi connectivity index (χ1n) is 8.01. The number of anilines is 1. The first-order valence-corrected chi connectivity index (χ1v) is 9.55. The quantitative estimate of drug-likeness (QED) is 0.844. The number of hydrogen-bond acceptors (Lipinski definition) is 7. The van der Waals surface area contributed by atoms with E-state index in [0.29, 0.717) is 17.4 Å². The number of primary sulfonamides is 1. The van der Waals surface area contributed by atoms with Crippen LogP contribution in [-0.2, 0) is 10.0 Å². The monoisotopic (exact) mass is 378 g/mol. The van der Waals surface area contributed by atoms with E-state index in [9.17, 15) is 8.42 Å². The zero-order valence-electron chi connectivity index (χ0n) is 15.1. The van der Waals surface area contributed by atoms with Crippen LogP contribution in [0, 0.1) is 5.41 Å². The van der Waals surface area contributed by atoms with Gasteiger partial charge in [-0.25, -0.2) is 23.5 Å². The Kier molecular flexibility index (Phi) is 4.53. The SMILES string of the molecule is COc1ccc(C2N(c3ncc(S(N)(=O)=O)cn3)CC2(C)C)cc1OC. The minimum Gasteiger partial charge on any atom is -0.493 e. The molecule has 26 heavy (non-hydrogen) atoms. The van der Waals surface area contributed by atoms with Crippen molar-refractivity contribution in [3.05, 3.63) is 36.2 Å². The van der Waals surface area contributed by atoms with Gasteiger partial charge in [-0.05, 0) is 17.7 Å². The summed E-state index contributed by atoms with van der Waals surface area (Å²) in [6.45, 7) is 5.05. The lowest BCUT2D eigenvalue weighted by Crippen LogP contribution is -2.56. The molecular formula is C17H22N4O4S. The van der Waals surface area contributed by atoms with Crippen LogP contribution in [-0.4, -0.2) is 39.2 Å². The predicted molar refractivity (Wildman–Crippen MR) is 96.8 cm³/mol. The van der Waals surface area contributed by atoms with Crippen molar-refractivity contribution in [3.8, 4) is 11.5 Å². The van der Waals surface area contributed by atoms with Gasteiger partial charge in [0.1, 0.15) is 4.90 Å². The third-order valence-electron chi connectivity index (χ3n) is 4.55. The van der Waals surface area contributed by atoms with Gasteiger partial charge in [0.25, 0.3) is 0 Å². The van der Waals surface area contributed by atoms with Crippen LogP contribution >= 0.6 is 0 Å². The van der Waals surface area contributed by atoms with Gasteiger partial charge < -0.3 is 14.4 Å². The summed E-state index contributed by atoms with van der Waals surface area (Å²) in [5.74, 6) is 1.77. The van der Waals surface area contributed by atoms with Gasteiger partial charge in [0.15, 0.2) is 11.5 Å². The minimum atomic E-state index is -3.81. The molecule has 1 aromatic carbocycles. The van der Waals surface area contributed by atoms with E-state index in [1.807, 2.05) is 23.1 Å². The second-order valence-electron chi connectivity index (χ2n) is 6.90. The molecule has 2 aromatic rings. The van der Waals surface area contributed by atoms with E-state index in [-0.39, 0.29) is 16.4 Å². The number of benzene rings is 1. The molecule has 3 rings (SSSR count). The predicted octanol–water partition coefficient (Wildman–Crippen LogP) is 1.73. The maximum absolute atomic E-state index is 11.4. The molecule has 0 saturated carbocycles. The highest BCUT2D eigenvalue weighted by Crippen LogP contribution is 2.50. The summed E-state index contributed by atoms with van der Waals surface area (Å²) in [5, 5.41) is 5.10. The van der Waals surface area contributed by atoms with Gasteiger partial charge in [-0.2, -0.15) is 0 Å². The van der Waals surface area contributed by atoms with E-state index in [0.717, 1.165) is 12.1 Å². The molecule has 1 fully saturated rings. The van der Waals surface area contributed by atoms with E-state index in [2.05, 4.69) is 23.8 Å². The summed E-state index contributed by atoms with van der Waals surface area (Å²) in [6, 6.07) is 5.81. The average molecular weight is 378 g/mol.